The van der Waals surface area contributed by atoms with Crippen LogP contribution in [0, 0.1) is 10.1 Å². The van der Waals surface area contributed by atoms with Gasteiger partial charge in [-0.3, -0.25) is 15.1 Å². The summed E-state index contributed by atoms with van der Waals surface area (Å²) in [4.78, 5) is 22.4. The van der Waals surface area contributed by atoms with Crippen LogP contribution in [0.25, 0.3) is 21.8 Å². The van der Waals surface area contributed by atoms with Gasteiger partial charge in [0.05, 0.1) is 31.0 Å². The molecule has 26 heavy (non-hydrogen) atoms. The van der Waals surface area contributed by atoms with Gasteiger partial charge in [-0.15, -0.1) is 0 Å². The summed E-state index contributed by atoms with van der Waals surface area (Å²) < 4.78 is 13.3. The number of non-ortho nitro benzene ring substituents is 1. The number of hydrogen-bond donors (Lipinski definition) is 0. The molecule has 2 aromatic carbocycles. The Labute approximate surface area is 153 Å². The molecule has 126 valence electrons. The van der Waals surface area contributed by atoms with Crippen molar-refractivity contribution in [2.24, 2.45) is 0 Å². The molecule has 0 saturated carbocycles. The second kappa shape index (κ2) is 5.58. The quantitative estimate of drug-likeness (QED) is 0.318. The van der Waals surface area contributed by atoms with E-state index in [1.165, 1.54) is 17.8 Å². The molecule has 2 aromatic heterocycles. The molecule has 1 aliphatic rings. The standard InChI is InChI=1S/C18H9N3O3S2/c22-21(23)13-7-3-5-11-16(13)20-8-14-18(11)26(24)15-9-19-12-6-2-1-4-10(12)17(15)25-14/h1-9H. The van der Waals surface area contributed by atoms with Crippen molar-refractivity contribution in [3.05, 3.63) is 65.0 Å². The lowest BCUT2D eigenvalue weighted by atomic mass is 10.2. The highest BCUT2D eigenvalue weighted by Gasteiger charge is 2.29. The average molecular weight is 379 g/mol. The van der Waals surface area contributed by atoms with Gasteiger partial charge in [0, 0.05) is 39.0 Å². The van der Waals surface area contributed by atoms with Gasteiger partial charge in [-0.05, 0) is 6.07 Å². The van der Waals surface area contributed by atoms with Crippen molar-refractivity contribution in [3.63, 3.8) is 0 Å². The Kier molecular flexibility index (Phi) is 3.31. The first-order chi connectivity index (χ1) is 12.6. The van der Waals surface area contributed by atoms with Crippen LogP contribution < -0.4 is 0 Å². The zero-order valence-electron chi connectivity index (χ0n) is 13.1. The van der Waals surface area contributed by atoms with Gasteiger partial charge in [0.15, 0.2) is 0 Å². The van der Waals surface area contributed by atoms with E-state index in [-0.39, 0.29) is 11.2 Å². The molecule has 0 saturated heterocycles. The number of hydrogen-bond acceptors (Lipinski definition) is 6. The molecular formula is C18H9N3O3S2. The predicted molar refractivity (Wildman–Crippen MR) is 98.9 cm³/mol. The lowest BCUT2D eigenvalue weighted by Crippen LogP contribution is -2.06. The molecule has 1 unspecified atom stereocenters. The first kappa shape index (κ1) is 15.4. The van der Waals surface area contributed by atoms with E-state index in [9.17, 15) is 14.3 Å². The highest BCUT2D eigenvalue weighted by molar-refractivity contribution is 8.01. The van der Waals surface area contributed by atoms with Crippen LogP contribution in [0.2, 0.25) is 0 Å². The lowest BCUT2D eigenvalue weighted by molar-refractivity contribution is -0.383. The minimum Gasteiger partial charge on any atom is -0.258 e. The van der Waals surface area contributed by atoms with Gasteiger partial charge in [0.25, 0.3) is 5.69 Å². The largest absolute Gasteiger partial charge is 0.295 e. The summed E-state index contributed by atoms with van der Waals surface area (Å²) in [6.45, 7) is 0. The second-order valence-corrected chi connectivity index (χ2v) is 8.16. The Morgan fingerprint density at radius 1 is 1.00 bits per heavy atom. The number of nitro groups is 1. The molecule has 3 heterocycles. The Morgan fingerprint density at radius 2 is 1.81 bits per heavy atom. The molecule has 0 N–H and O–H groups in total. The number of aromatic nitrogens is 2. The fourth-order valence-corrected chi connectivity index (χ4v) is 6.05. The van der Waals surface area contributed by atoms with E-state index >= 15 is 0 Å². The maximum absolute atomic E-state index is 13.3. The highest BCUT2D eigenvalue weighted by atomic mass is 32.2. The lowest BCUT2D eigenvalue weighted by Gasteiger charge is -2.20. The van der Waals surface area contributed by atoms with Crippen molar-refractivity contribution in [2.75, 3.05) is 0 Å². The third-order valence-electron chi connectivity index (χ3n) is 4.28. The molecule has 0 amide bonds. The van der Waals surface area contributed by atoms with E-state index in [2.05, 4.69) is 9.97 Å². The fraction of sp³-hybridized carbons (Fsp3) is 0. The maximum atomic E-state index is 13.3. The molecule has 8 heteroatoms. The molecular weight excluding hydrogens is 370 g/mol. The summed E-state index contributed by atoms with van der Waals surface area (Å²) in [5.74, 6) is 0. The Morgan fingerprint density at radius 3 is 2.65 bits per heavy atom. The van der Waals surface area contributed by atoms with Gasteiger partial charge in [-0.25, -0.2) is 9.19 Å². The van der Waals surface area contributed by atoms with E-state index in [1.807, 2.05) is 24.3 Å². The topological polar surface area (TPSA) is 86.0 Å². The molecule has 0 aliphatic carbocycles. The van der Waals surface area contributed by atoms with E-state index in [1.54, 1.807) is 24.5 Å². The highest BCUT2D eigenvalue weighted by Crippen LogP contribution is 2.47. The first-order valence-electron chi connectivity index (χ1n) is 7.68. The van der Waals surface area contributed by atoms with Crippen LogP contribution in [0.15, 0.2) is 74.4 Å². The molecule has 4 aromatic rings. The number of fused-ring (bicyclic) bond motifs is 6. The zero-order chi connectivity index (χ0) is 17.8. The molecule has 1 atom stereocenters. The summed E-state index contributed by atoms with van der Waals surface area (Å²) in [6, 6.07) is 12.4. The maximum Gasteiger partial charge on any atom is 0.295 e. The predicted octanol–water partition coefficient (Wildman–Crippen LogP) is 4.32. The Balaban J connectivity index is 1.82. The third-order valence-corrected chi connectivity index (χ3v) is 7.23. The normalized spacial score (nSPS) is 15.6. The van der Waals surface area contributed by atoms with Crippen LogP contribution in [0.4, 0.5) is 5.69 Å². The van der Waals surface area contributed by atoms with Crippen LogP contribution in [0.1, 0.15) is 0 Å². The van der Waals surface area contributed by atoms with Gasteiger partial charge in [0.1, 0.15) is 5.52 Å². The number of rotatable bonds is 1. The smallest absolute Gasteiger partial charge is 0.258 e. The van der Waals surface area contributed by atoms with Crippen molar-refractivity contribution < 1.29 is 9.13 Å². The molecule has 0 spiro atoms. The van der Waals surface area contributed by atoms with Crippen LogP contribution in [0.3, 0.4) is 0 Å². The summed E-state index contributed by atoms with van der Waals surface area (Å²) in [7, 11) is -1.49. The SMILES string of the molecule is O=[N+]([O-])c1cccc2c3c(cnc12)Sc1c(cnc2ccccc12)S3=O. The van der Waals surface area contributed by atoms with Gasteiger partial charge in [-0.1, -0.05) is 42.1 Å². The number of nitrogens with zero attached hydrogens (tertiary/aromatic N) is 3. The van der Waals surface area contributed by atoms with Gasteiger partial charge in [-0.2, -0.15) is 0 Å². The number of para-hydroxylation sites is 2. The molecule has 0 fully saturated rings. The van der Waals surface area contributed by atoms with Crippen molar-refractivity contribution in [2.45, 2.75) is 19.6 Å². The number of nitro benzene ring substituents is 1. The summed E-state index contributed by atoms with van der Waals surface area (Å²) in [5.41, 5.74) is 1.00. The summed E-state index contributed by atoms with van der Waals surface area (Å²) in [6.07, 6.45) is 3.21. The monoisotopic (exact) mass is 379 g/mol. The Bertz CT molecular complexity index is 1270. The summed E-state index contributed by atoms with van der Waals surface area (Å²) >= 11 is 1.48. The molecule has 6 nitrogen and oxygen atoms in total. The molecule has 0 radical (unpaired) electrons. The first-order valence-corrected chi connectivity index (χ1v) is 9.65. The van der Waals surface area contributed by atoms with Gasteiger partial charge < -0.3 is 0 Å². The van der Waals surface area contributed by atoms with Crippen LogP contribution in [0.5, 0.6) is 0 Å². The Hall–Kier alpha value is -2.84. The molecule has 1 aliphatic heterocycles. The van der Waals surface area contributed by atoms with Crippen molar-refractivity contribution >= 4 is 50.1 Å². The van der Waals surface area contributed by atoms with Crippen molar-refractivity contribution in [1.82, 2.24) is 9.97 Å². The number of pyridine rings is 2. The minimum absolute atomic E-state index is 0.0882. The molecule has 0 bridgehead atoms. The minimum atomic E-state index is -1.49. The van der Waals surface area contributed by atoms with E-state index in [0.717, 1.165) is 20.7 Å². The van der Waals surface area contributed by atoms with Crippen molar-refractivity contribution in [3.8, 4) is 0 Å². The van der Waals surface area contributed by atoms with Gasteiger partial charge >= 0.3 is 0 Å². The van der Waals surface area contributed by atoms with E-state index in [0.29, 0.717) is 15.2 Å². The second-order valence-electron chi connectivity index (χ2n) is 5.72. The van der Waals surface area contributed by atoms with E-state index < -0.39 is 15.7 Å². The van der Waals surface area contributed by atoms with E-state index in [4.69, 9.17) is 0 Å². The van der Waals surface area contributed by atoms with Crippen molar-refractivity contribution in [1.29, 1.82) is 0 Å². The fourth-order valence-electron chi connectivity index (χ4n) is 3.13. The number of benzene rings is 2. The van der Waals surface area contributed by atoms with Gasteiger partial charge in [0.2, 0.25) is 0 Å². The van der Waals surface area contributed by atoms with Crippen LogP contribution >= 0.6 is 11.8 Å². The average Bonchev–Trinajstić information content (AvgIpc) is 2.67. The zero-order valence-corrected chi connectivity index (χ0v) is 14.7. The van der Waals surface area contributed by atoms with Crippen LogP contribution in [-0.2, 0) is 10.8 Å². The summed E-state index contributed by atoms with van der Waals surface area (Å²) in [5, 5.41) is 12.8. The van der Waals surface area contributed by atoms with Crippen LogP contribution in [-0.4, -0.2) is 19.1 Å². The third kappa shape index (κ3) is 2.09. The molecule has 5 rings (SSSR count).